The molecule has 0 spiro atoms. The highest BCUT2D eigenvalue weighted by atomic mass is 35.5. The van der Waals surface area contributed by atoms with E-state index in [0.717, 1.165) is 0 Å². The molecule has 150 valence electrons. The van der Waals surface area contributed by atoms with Gasteiger partial charge in [-0.1, -0.05) is 23.7 Å². The fourth-order valence-electron chi connectivity index (χ4n) is 2.68. The van der Waals surface area contributed by atoms with Gasteiger partial charge < -0.3 is 14.2 Å². The zero-order chi connectivity index (χ0) is 20.9. The number of fused-ring (bicyclic) bond motifs is 1. The predicted octanol–water partition coefficient (Wildman–Crippen LogP) is 4.05. The summed E-state index contributed by atoms with van der Waals surface area (Å²) in [7, 11) is 0. The number of benzene rings is 3. The van der Waals surface area contributed by atoms with E-state index in [1.807, 2.05) is 0 Å². The lowest BCUT2D eigenvalue weighted by Gasteiger charge is -2.05. The molecule has 1 aliphatic heterocycles. The first-order valence-corrected chi connectivity index (χ1v) is 9.27. The topological polar surface area (TPSA) is 86.2 Å². The van der Waals surface area contributed by atoms with Gasteiger partial charge in [0.25, 0.3) is 5.91 Å². The number of amides is 1. The molecule has 8 heteroatoms. The van der Waals surface area contributed by atoms with Crippen LogP contribution < -0.4 is 19.6 Å². The molecule has 4 rings (SSSR count). The summed E-state index contributed by atoms with van der Waals surface area (Å²) in [4.78, 5) is 24.4. The molecule has 0 unspecified atom stereocenters. The number of ether oxygens (including phenoxy) is 3. The minimum Gasteiger partial charge on any atom is -0.454 e. The summed E-state index contributed by atoms with van der Waals surface area (Å²) in [6, 6.07) is 18.0. The van der Waals surface area contributed by atoms with Crippen LogP contribution in [0.25, 0.3) is 0 Å². The summed E-state index contributed by atoms with van der Waals surface area (Å²) in [6.45, 7) is 0.136. The van der Waals surface area contributed by atoms with Crippen LogP contribution in [0.2, 0.25) is 5.02 Å². The maximum Gasteiger partial charge on any atom is 0.343 e. The van der Waals surface area contributed by atoms with Crippen molar-refractivity contribution < 1.29 is 23.8 Å². The molecular weight excluding hydrogens is 408 g/mol. The Kier molecular flexibility index (Phi) is 5.63. The van der Waals surface area contributed by atoms with Crippen LogP contribution in [0.1, 0.15) is 26.3 Å². The Hall–Kier alpha value is -3.84. The first kappa shape index (κ1) is 19.5. The second-order valence-electron chi connectivity index (χ2n) is 6.24. The Bertz CT molecular complexity index is 1130. The van der Waals surface area contributed by atoms with E-state index in [-0.39, 0.29) is 6.79 Å². The summed E-state index contributed by atoms with van der Waals surface area (Å²) in [5.74, 6) is 0.564. The third kappa shape index (κ3) is 4.59. The van der Waals surface area contributed by atoms with Crippen LogP contribution in [0.3, 0.4) is 0 Å². The quantitative estimate of drug-likeness (QED) is 0.290. The van der Waals surface area contributed by atoms with Crippen LogP contribution in [0, 0.1) is 0 Å². The number of carbonyl (C=O) groups excluding carboxylic acids is 2. The number of halogens is 1. The highest BCUT2D eigenvalue weighted by molar-refractivity contribution is 6.30. The second-order valence-corrected chi connectivity index (χ2v) is 6.67. The Morgan fingerprint density at radius 1 is 0.967 bits per heavy atom. The van der Waals surface area contributed by atoms with E-state index >= 15 is 0 Å². The lowest BCUT2D eigenvalue weighted by atomic mass is 10.2. The van der Waals surface area contributed by atoms with Crippen LogP contribution in [0.15, 0.2) is 71.8 Å². The van der Waals surface area contributed by atoms with Crippen molar-refractivity contribution in [2.24, 2.45) is 5.10 Å². The summed E-state index contributed by atoms with van der Waals surface area (Å²) >= 11 is 5.82. The summed E-state index contributed by atoms with van der Waals surface area (Å²) in [5, 5.41) is 4.48. The molecule has 30 heavy (non-hydrogen) atoms. The van der Waals surface area contributed by atoms with Gasteiger partial charge in [-0.05, 0) is 60.2 Å². The predicted molar refractivity (Wildman–Crippen MR) is 110 cm³/mol. The molecule has 0 atom stereocenters. The van der Waals surface area contributed by atoms with Crippen LogP contribution in [0.4, 0.5) is 0 Å². The van der Waals surface area contributed by atoms with E-state index in [9.17, 15) is 9.59 Å². The van der Waals surface area contributed by atoms with Crippen molar-refractivity contribution in [1.82, 2.24) is 5.43 Å². The van der Waals surface area contributed by atoms with Gasteiger partial charge in [-0.15, -0.1) is 0 Å². The molecule has 0 aliphatic carbocycles. The minimum atomic E-state index is -0.503. The highest BCUT2D eigenvalue weighted by Crippen LogP contribution is 2.32. The molecule has 0 fully saturated rings. The molecule has 0 radical (unpaired) electrons. The molecule has 0 saturated heterocycles. The number of hydrazone groups is 1. The monoisotopic (exact) mass is 422 g/mol. The molecule has 0 aromatic heterocycles. The Morgan fingerprint density at radius 2 is 1.73 bits per heavy atom. The van der Waals surface area contributed by atoms with Crippen molar-refractivity contribution >= 4 is 29.7 Å². The van der Waals surface area contributed by atoms with Crippen LogP contribution in [-0.2, 0) is 0 Å². The average molecular weight is 423 g/mol. The lowest BCUT2D eigenvalue weighted by molar-refractivity contribution is 0.0734. The average Bonchev–Trinajstić information content (AvgIpc) is 3.22. The molecule has 3 aromatic carbocycles. The molecular formula is C22H15ClN2O5. The standard InChI is InChI=1S/C22H15ClN2O5/c23-17-7-4-15(5-8-17)22(27)30-18-3-1-2-14(10-18)12-24-25-21(26)16-6-9-19-20(11-16)29-13-28-19/h1-12H,13H2,(H,25,26). The molecule has 0 bridgehead atoms. The lowest BCUT2D eigenvalue weighted by Crippen LogP contribution is -2.17. The van der Waals surface area contributed by atoms with Crippen molar-refractivity contribution in [3.63, 3.8) is 0 Å². The number of nitrogens with zero attached hydrogens (tertiary/aromatic N) is 1. The maximum absolute atomic E-state index is 12.2. The van der Waals surface area contributed by atoms with Gasteiger partial charge in [0.1, 0.15) is 5.75 Å². The molecule has 3 aromatic rings. The van der Waals surface area contributed by atoms with E-state index in [2.05, 4.69) is 10.5 Å². The van der Waals surface area contributed by atoms with E-state index in [0.29, 0.717) is 39.0 Å². The van der Waals surface area contributed by atoms with E-state index in [4.69, 9.17) is 25.8 Å². The van der Waals surface area contributed by atoms with Crippen molar-refractivity contribution in [3.8, 4) is 17.2 Å². The third-order valence-electron chi connectivity index (χ3n) is 4.16. The largest absolute Gasteiger partial charge is 0.454 e. The minimum absolute atomic E-state index is 0.136. The van der Waals surface area contributed by atoms with E-state index in [1.54, 1.807) is 66.7 Å². The van der Waals surface area contributed by atoms with Crippen molar-refractivity contribution in [3.05, 3.63) is 88.4 Å². The smallest absolute Gasteiger partial charge is 0.343 e. The SMILES string of the molecule is O=C(NN=Cc1cccc(OC(=O)c2ccc(Cl)cc2)c1)c1ccc2c(c1)OCO2. The summed E-state index contributed by atoms with van der Waals surface area (Å²) in [5.41, 5.74) is 3.86. The number of nitrogens with one attached hydrogen (secondary N) is 1. The van der Waals surface area contributed by atoms with Crippen LogP contribution >= 0.6 is 11.6 Å². The fourth-order valence-corrected chi connectivity index (χ4v) is 2.80. The zero-order valence-corrected chi connectivity index (χ0v) is 16.3. The first-order valence-electron chi connectivity index (χ1n) is 8.89. The van der Waals surface area contributed by atoms with Gasteiger partial charge in [0, 0.05) is 10.6 Å². The molecule has 0 saturated carbocycles. The number of rotatable bonds is 5. The molecule has 1 amide bonds. The van der Waals surface area contributed by atoms with Crippen molar-refractivity contribution in [2.45, 2.75) is 0 Å². The second kappa shape index (κ2) is 8.67. The Balaban J connectivity index is 1.37. The highest BCUT2D eigenvalue weighted by Gasteiger charge is 2.16. The van der Waals surface area contributed by atoms with Gasteiger partial charge in [0.05, 0.1) is 11.8 Å². The van der Waals surface area contributed by atoms with Gasteiger partial charge in [-0.2, -0.15) is 5.10 Å². The third-order valence-corrected chi connectivity index (χ3v) is 4.42. The van der Waals surface area contributed by atoms with E-state index < -0.39 is 11.9 Å². The van der Waals surface area contributed by atoms with Gasteiger partial charge in [0.2, 0.25) is 6.79 Å². The number of hydrogen-bond acceptors (Lipinski definition) is 6. The van der Waals surface area contributed by atoms with Crippen molar-refractivity contribution in [2.75, 3.05) is 6.79 Å². The van der Waals surface area contributed by atoms with Gasteiger partial charge in [-0.25, -0.2) is 10.2 Å². The molecule has 1 heterocycles. The van der Waals surface area contributed by atoms with Gasteiger partial charge in [0.15, 0.2) is 11.5 Å². The molecule has 1 N–H and O–H groups in total. The maximum atomic E-state index is 12.2. The van der Waals surface area contributed by atoms with E-state index in [1.165, 1.54) is 6.21 Å². The first-order chi connectivity index (χ1) is 14.6. The Labute approximate surface area is 176 Å². The molecule has 1 aliphatic rings. The summed E-state index contributed by atoms with van der Waals surface area (Å²) < 4.78 is 15.8. The van der Waals surface area contributed by atoms with Crippen LogP contribution in [-0.4, -0.2) is 24.9 Å². The summed E-state index contributed by atoms with van der Waals surface area (Å²) in [6.07, 6.45) is 1.45. The number of hydrogen-bond donors (Lipinski definition) is 1. The fraction of sp³-hybridized carbons (Fsp3) is 0.0455. The normalized spacial score (nSPS) is 12.0. The number of esters is 1. The zero-order valence-electron chi connectivity index (χ0n) is 15.5. The van der Waals surface area contributed by atoms with Crippen molar-refractivity contribution in [1.29, 1.82) is 0 Å². The van der Waals surface area contributed by atoms with Gasteiger partial charge >= 0.3 is 5.97 Å². The molecule has 7 nitrogen and oxygen atoms in total. The van der Waals surface area contributed by atoms with Crippen LogP contribution in [0.5, 0.6) is 17.2 Å². The van der Waals surface area contributed by atoms with Gasteiger partial charge in [-0.3, -0.25) is 4.79 Å². The Morgan fingerprint density at radius 3 is 2.57 bits per heavy atom. The number of carbonyl (C=O) groups is 2.